The number of rotatable bonds is 10. The molecule has 0 spiro atoms. The molecule has 1 aromatic heterocycles. The van der Waals surface area contributed by atoms with Gasteiger partial charge in [-0.15, -0.1) is 0 Å². The summed E-state index contributed by atoms with van der Waals surface area (Å²) in [4.78, 5) is 4.32. The normalized spacial score (nSPS) is 15.2. The number of allylic oxidation sites excluding steroid dienone is 1. The molecule has 0 amide bonds. The van der Waals surface area contributed by atoms with E-state index >= 15 is 0 Å². The molecule has 2 N–H and O–H groups in total. The van der Waals surface area contributed by atoms with Crippen molar-refractivity contribution >= 4 is 0 Å². The third-order valence-electron chi connectivity index (χ3n) is 5.22. The summed E-state index contributed by atoms with van der Waals surface area (Å²) in [5.41, 5.74) is 5.36. The zero-order valence-electron chi connectivity index (χ0n) is 34.8. The van der Waals surface area contributed by atoms with Crippen molar-refractivity contribution in [3.05, 3.63) is 36.0 Å². The Balaban J connectivity index is -0.000000145. The van der Waals surface area contributed by atoms with Gasteiger partial charge in [-0.25, -0.2) is 4.98 Å². The van der Waals surface area contributed by atoms with Gasteiger partial charge >= 0.3 is 0 Å². The molecule has 2 fully saturated rings. The molecule has 1 aromatic rings. The Morgan fingerprint density at radius 1 is 0.894 bits per heavy atom. The Bertz CT molecular complexity index is 775. The van der Waals surface area contributed by atoms with Crippen molar-refractivity contribution in [2.24, 2.45) is 5.73 Å². The molecule has 0 bridgehead atoms. The second kappa shape index (κ2) is 45.9. The lowest BCUT2D eigenvalue weighted by Gasteiger charge is -2.33. The van der Waals surface area contributed by atoms with E-state index in [-0.39, 0.29) is 12.2 Å². The lowest BCUT2D eigenvalue weighted by Crippen LogP contribution is -2.38. The van der Waals surface area contributed by atoms with Crippen LogP contribution in [0.4, 0.5) is 0 Å². The highest BCUT2D eigenvalue weighted by Crippen LogP contribution is 2.27. The average molecular weight is 671 g/mol. The number of nitrogens with two attached hydrogens (primary N) is 1. The first-order valence-corrected chi connectivity index (χ1v) is 18.6. The van der Waals surface area contributed by atoms with E-state index in [1.54, 1.807) is 20.4 Å². The number of pyridine rings is 1. The molecule has 1 atom stereocenters. The monoisotopic (exact) mass is 671 g/mol. The highest BCUT2D eigenvalue weighted by molar-refractivity contribution is 5.33. The first-order chi connectivity index (χ1) is 22.7. The summed E-state index contributed by atoms with van der Waals surface area (Å²) in [5, 5.41) is 0. The van der Waals surface area contributed by atoms with Crippen LogP contribution in [0.5, 0.6) is 5.75 Å². The van der Waals surface area contributed by atoms with Gasteiger partial charge in [-0.05, 0) is 52.2 Å². The first-order valence-electron chi connectivity index (χ1n) is 18.6. The van der Waals surface area contributed by atoms with Gasteiger partial charge in [0.25, 0.3) is 0 Å². The summed E-state index contributed by atoms with van der Waals surface area (Å²) < 4.78 is 27.0. The molecule has 0 radical (unpaired) electrons. The van der Waals surface area contributed by atoms with Crippen molar-refractivity contribution in [2.75, 3.05) is 27.4 Å². The fourth-order valence-electron chi connectivity index (χ4n) is 2.59. The van der Waals surface area contributed by atoms with E-state index in [0.29, 0.717) is 25.0 Å². The van der Waals surface area contributed by atoms with Crippen LogP contribution in [0, 0.1) is 11.8 Å². The van der Waals surface area contributed by atoms with Gasteiger partial charge in [0, 0.05) is 33.3 Å². The van der Waals surface area contributed by atoms with Crippen LogP contribution in [-0.4, -0.2) is 56.3 Å². The van der Waals surface area contributed by atoms with Gasteiger partial charge in [0.15, 0.2) is 0 Å². The number of aromatic nitrogens is 1. The van der Waals surface area contributed by atoms with Gasteiger partial charge in [-0.1, -0.05) is 115 Å². The molecule has 7 nitrogen and oxygen atoms in total. The molecular formula is C40H82N2O5. The second-order valence-corrected chi connectivity index (χ2v) is 9.22. The number of nitrogens with zero attached hydrogens (tertiary/aromatic N) is 1. The molecule has 1 heterocycles. The fourth-order valence-corrected chi connectivity index (χ4v) is 2.59. The number of methoxy groups -OCH3 is 2. The lowest BCUT2D eigenvalue weighted by molar-refractivity contribution is -0.0382. The predicted molar refractivity (Wildman–Crippen MR) is 208 cm³/mol. The first kappa shape index (κ1) is 57.0. The minimum atomic E-state index is -0.531. The maximum absolute atomic E-state index is 5.82. The summed E-state index contributed by atoms with van der Waals surface area (Å²) in [6.45, 7) is 34.9. The van der Waals surface area contributed by atoms with Gasteiger partial charge < -0.3 is 29.4 Å². The minimum Gasteiger partial charge on any atom is -0.494 e. The molecule has 2 aliphatic rings. The summed E-state index contributed by atoms with van der Waals surface area (Å²) in [5.74, 6) is 7.68. The lowest BCUT2D eigenvalue weighted by atomic mass is 9.92. The Kier molecular flexibility index (Phi) is 55.6. The average Bonchev–Trinajstić information content (AvgIpc) is 4.02. The molecule has 3 rings (SSSR count). The van der Waals surface area contributed by atoms with Gasteiger partial charge in [-0.2, -0.15) is 0 Å². The smallest absolute Gasteiger partial charge is 0.138 e. The molecule has 2 aliphatic carbocycles. The maximum Gasteiger partial charge on any atom is 0.138 e. The summed E-state index contributed by atoms with van der Waals surface area (Å²) in [6.07, 6.45) is 11.4. The van der Waals surface area contributed by atoms with Gasteiger partial charge in [0.2, 0.25) is 0 Å². The Morgan fingerprint density at radius 2 is 1.40 bits per heavy atom. The molecule has 2 saturated carbocycles. The largest absolute Gasteiger partial charge is 0.494 e. The molecule has 1 unspecified atom stereocenters. The van der Waals surface area contributed by atoms with Crippen molar-refractivity contribution in [3.8, 4) is 17.6 Å². The van der Waals surface area contributed by atoms with Gasteiger partial charge in [0.1, 0.15) is 28.9 Å². The van der Waals surface area contributed by atoms with Crippen LogP contribution >= 0.6 is 0 Å². The van der Waals surface area contributed by atoms with Crippen molar-refractivity contribution in [3.63, 3.8) is 0 Å². The van der Waals surface area contributed by atoms with Crippen LogP contribution in [0.25, 0.3) is 0 Å². The predicted octanol–water partition coefficient (Wildman–Crippen LogP) is 11.4. The van der Waals surface area contributed by atoms with Crippen molar-refractivity contribution in [2.45, 2.75) is 180 Å². The highest BCUT2D eigenvalue weighted by Gasteiger charge is 2.30. The Hall–Kier alpha value is -2.27. The van der Waals surface area contributed by atoms with E-state index in [1.807, 2.05) is 123 Å². The zero-order valence-corrected chi connectivity index (χ0v) is 34.8. The van der Waals surface area contributed by atoms with Crippen LogP contribution < -0.4 is 10.5 Å². The Morgan fingerprint density at radius 3 is 1.77 bits per heavy atom. The third-order valence-corrected chi connectivity index (χ3v) is 5.22. The van der Waals surface area contributed by atoms with E-state index in [9.17, 15) is 0 Å². The quantitative estimate of drug-likeness (QED) is 0.151. The van der Waals surface area contributed by atoms with E-state index in [1.165, 1.54) is 25.5 Å². The number of hydrogen-bond donors (Lipinski definition) is 1. The summed E-state index contributed by atoms with van der Waals surface area (Å²) >= 11 is 0. The third kappa shape index (κ3) is 41.7. The van der Waals surface area contributed by atoms with E-state index in [0.717, 1.165) is 30.8 Å². The summed E-state index contributed by atoms with van der Waals surface area (Å²) in [7, 11) is 3.38. The molecular weight excluding hydrogens is 588 g/mol. The van der Waals surface area contributed by atoms with Crippen molar-refractivity contribution in [1.29, 1.82) is 0 Å². The SMILES string of the molecule is C1CC1.CC.CC.CC.CC.CC.CC.CCC(C)O/C(C)=C/N.COCCOC(C)(C)C#Cc1ccc(OC2CC(OC)C2)cn1. The van der Waals surface area contributed by atoms with Crippen molar-refractivity contribution in [1.82, 2.24) is 4.98 Å². The number of hydrogen-bond acceptors (Lipinski definition) is 7. The summed E-state index contributed by atoms with van der Waals surface area (Å²) in [6, 6.07) is 3.76. The van der Waals surface area contributed by atoms with E-state index in [4.69, 9.17) is 29.4 Å². The van der Waals surface area contributed by atoms with Gasteiger partial charge in [0.05, 0.1) is 31.6 Å². The van der Waals surface area contributed by atoms with Gasteiger partial charge in [-0.3, -0.25) is 0 Å². The molecule has 0 aromatic carbocycles. The fraction of sp³-hybridized carbons (Fsp3) is 0.775. The van der Waals surface area contributed by atoms with Crippen LogP contribution in [0.3, 0.4) is 0 Å². The maximum atomic E-state index is 5.82. The van der Waals surface area contributed by atoms with E-state index in [2.05, 4.69) is 23.7 Å². The molecule has 0 aliphatic heterocycles. The van der Waals surface area contributed by atoms with Crippen LogP contribution in [0.2, 0.25) is 0 Å². The topological polar surface area (TPSA) is 85.1 Å². The molecule has 282 valence electrons. The molecule has 0 saturated heterocycles. The molecule has 47 heavy (non-hydrogen) atoms. The van der Waals surface area contributed by atoms with Crippen LogP contribution in [0.1, 0.15) is 162 Å². The number of ether oxygens (including phenoxy) is 5. The second-order valence-electron chi connectivity index (χ2n) is 9.22. The van der Waals surface area contributed by atoms with Crippen molar-refractivity contribution < 1.29 is 23.7 Å². The standard InChI is InChI=1S/C18H25NO4.C7H15NO.C3H6.6C2H6/c1-18(2,22-10-9-20-3)8-7-14-5-6-15(13-19-14)23-17-11-16(12-17)21-4;1-4-6(2)9-7(3)5-8;1-2-3-1;6*1-2/h5-6,13,16-17H,9-12H2,1-4H3;5-6H,4,8H2,1-3H3;1-3H2;6*1-2H3/b;7-5+;;;;;;;. The zero-order chi connectivity index (χ0) is 38.1. The minimum absolute atomic E-state index is 0.229. The van der Waals surface area contributed by atoms with E-state index < -0.39 is 5.60 Å². The highest BCUT2D eigenvalue weighted by atomic mass is 16.5. The Labute approximate surface area is 295 Å². The molecule has 7 heteroatoms. The van der Waals surface area contributed by atoms with Crippen LogP contribution in [-0.2, 0) is 18.9 Å². The van der Waals surface area contributed by atoms with Crippen LogP contribution in [0.15, 0.2) is 30.3 Å².